The van der Waals surface area contributed by atoms with Crippen LogP contribution in [0.3, 0.4) is 0 Å². The molecule has 3 unspecified atom stereocenters. The van der Waals surface area contributed by atoms with E-state index in [1.165, 1.54) is 0 Å². The highest BCUT2D eigenvalue weighted by atomic mass is 16.5. The summed E-state index contributed by atoms with van der Waals surface area (Å²) in [6.45, 7) is 2.61. The van der Waals surface area contributed by atoms with Gasteiger partial charge in [-0.05, 0) is 13.3 Å². The number of ether oxygens (including phenoxy) is 1. The van der Waals surface area contributed by atoms with Crippen molar-refractivity contribution in [3.63, 3.8) is 0 Å². The van der Waals surface area contributed by atoms with E-state index in [4.69, 9.17) is 4.74 Å². The van der Waals surface area contributed by atoms with Crippen LogP contribution in [0.2, 0.25) is 0 Å². The summed E-state index contributed by atoms with van der Waals surface area (Å²) < 4.78 is 5.33. The van der Waals surface area contributed by atoms with Crippen molar-refractivity contribution in [3.8, 4) is 0 Å². The highest BCUT2D eigenvalue weighted by Gasteiger charge is 2.38. The molecule has 0 bridgehead atoms. The van der Waals surface area contributed by atoms with Crippen LogP contribution >= 0.6 is 0 Å². The molecule has 62 valence electrons. The number of hydrogen-bond acceptors (Lipinski definition) is 3. The summed E-state index contributed by atoms with van der Waals surface area (Å²) in [5.74, 6) is 0.157. The van der Waals surface area contributed by atoms with Gasteiger partial charge < -0.3 is 10.1 Å². The minimum Gasteiger partial charge on any atom is -0.362 e. The van der Waals surface area contributed by atoms with Gasteiger partial charge in [-0.1, -0.05) is 0 Å². The molecule has 0 aliphatic carbocycles. The molecular formula is C7H12N2O2. The summed E-state index contributed by atoms with van der Waals surface area (Å²) >= 11 is 0. The summed E-state index contributed by atoms with van der Waals surface area (Å²) in [5, 5.41) is 5.98. The molecule has 0 radical (unpaired) electrons. The van der Waals surface area contributed by atoms with Crippen molar-refractivity contribution in [2.75, 3.05) is 6.61 Å². The second-order valence-corrected chi connectivity index (χ2v) is 3.08. The van der Waals surface area contributed by atoms with E-state index in [-0.39, 0.29) is 24.2 Å². The van der Waals surface area contributed by atoms with Crippen molar-refractivity contribution >= 4 is 5.91 Å². The maximum atomic E-state index is 11.3. The van der Waals surface area contributed by atoms with Gasteiger partial charge in [0.05, 0.1) is 12.1 Å². The monoisotopic (exact) mass is 156 g/mol. The Hall–Kier alpha value is -0.610. The Balaban J connectivity index is 2.10. The first-order valence-electron chi connectivity index (χ1n) is 3.95. The molecule has 1 amide bonds. The van der Waals surface area contributed by atoms with Crippen molar-refractivity contribution in [3.05, 3.63) is 0 Å². The molecule has 3 atom stereocenters. The number of carbonyl (C=O) groups excluding carboxylic acids is 1. The molecule has 2 aliphatic rings. The lowest BCUT2D eigenvalue weighted by atomic mass is 10.0. The minimum absolute atomic E-state index is 0.0335. The van der Waals surface area contributed by atoms with Crippen LogP contribution in [-0.2, 0) is 9.53 Å². The summed E-state index contributed by atoms with van der Waals surface area (Å²) in [5.41, 5.74) is 0. The zero-order valence-electron chi connectivity index (χ0n) is 6.46. The van der Waals surface area contributed by atoms with E-state index in [1.54, 1.807) is 0 Å². The van der Waals surface area contributed by atoms with Crippen molar-refractivity contribution in [1.29, 1.82) is 0 Å². The highest BCUT2D eigenvalue weighted by Crippen LogP contribution is 2.21. The molecule has 2 rings (SSSR count). The average Bonchev–Trinajstić information content (AvgIpc) is 2.34. The first-order chi connectivity index (χ1) is 5.27. The number of hydrogen-bond donors (Lipinski definition) is 2. The average molecular weight is 156 g/mol. The molecule has 2 aliphatic heterocycles. The van der Waals surface area contributed by atoms with Gasteiger partial charge in [0.25, 0.3) is 0 Å². The van der Waals surface area contributed by atoms with Gasteiger partial charge in [-0.2, -0.15) is 0 Å². The van der Waals surface area contributed by atoms with Crippen LogP contribution < -0.4 is 10.6 Å². The van der Waals surface area contributed by atoms with Gasteiger partial charge in [0, 0.05) is 6.61 Å². The number of carbonyl (C=O) groups is 1. The number of rotatable bonds is 0. The van der Waals surface area contributed by atoms with E-state index in [2.05, 4.69) is 10.6 Å². The van der Waals surface area contributed by atoms with Crippen molar-refractivity contribution in [2.24, 2.45) is 5.92 Å². The first-order valence-corrected chi connectivity index (χ1v) is 3.95. The second-order valence-electron chi connectivity index (χ2n) is 3.08. The Kier molecular flexibility index (Phi) is 1.58. The highest BCUT2D eigenvalue weighted by molar-refractivity contribution is 5.80. The van der Waals surface area contributed by atoms with E-state index < -0.39 is 0 Å². The standard InChI is InChI=1S/C7H12N2O2/c1-4-8-6(10)5-2-3-11-7(5)9-4/h4-5,7,9H,2-3H2,1H3,(H,8,10). The topological polar surface area (TPSA) is 50.4 Å². The van der Waals surface area contributed by atoms with Crippen molar-refractivity contribution < 1.29 is 9.53 Å². The fraction of sp³-hybridized carbons (Fsp3) is 0.857. The molecule has 4 heteroatoms. The molecule has 0 aromatic heterocycles. The second kappa shape index (κ2) is 2.46. The van der Waals surface area contributed by atoms with E-state index in [9.17, 15) is 4.79 Å². The quantitative estimate of drug-likeness (QED) is 0.493. The van der Waals surface area contributed by atoms with Gasteiger partial charge in [-0.25, -0.2) is 0 Å². The third-order valence-electron chi connectivity index (χ3n) is 2.20. The van der Waals surface area contributed by atoms with Gasteiger partial charge in [0.2, 0.25) is 5.91 Å². The van der Waals surface area contributed by atoms with Crippen LogP contribution in [0.5, 0.6) is 0 Å². The summed E-state index contributed by atoms with van der Waals surface area (Å²) in [7, 11) is 0. The molecular weight excluding hydrogens is 144 g/mol. The van der Waals surface area contributed by atoms with E-state index in [0.717, 1.165) is 6.42 Å². The Morgan fingerprint density at radius 2 is 2.45 bits per heavy atom. The third-order valence-corrected chi connectivity index (χ3v) is 2.20. The molecule has 0 aromatic rings. The predicted octanol–water partition coefficient (Wildman–Crippen LogP) is -0.586. The zero-order valence-corrected chi connectivity index (χ0v) is 6.46. The zero-order chi connectivity index (χ0) is 7.84. The van der Waals surface area contributed by atoms with Crippen LogP contribution in [0.15, 0.2) is 0 Å². The van der Waals surface area contributed by atoms with Gasteiger partial charge in [-0.3, -0.25) is 10.1 Å². The summed E-state index contributed by atoms with van der Waals surface area (Å²) in [4.78, 5) is 11.3. The molecule has 2 fully saturated rings. The SMILES string of the molecule is CC1NC(=O)C2CCOC2N1. The maximum Gasteiger partial charge on any atom is 0.228 e. The minimum atomic E-state index is -0.0428. The van der Waals surface area contributed by atoms with Gasteiger partial charge in [0.1, 0.15) is 6.23 Å². The lowest BCUT2D eigenvalue weighted by Gasteiger charge is -2.30. The summed E-state index contributed by atoms with van der Waals surface area (Å²) in [6, 6.07) is 0. The van der Waals surface area contributed by atoms with E-state index >= 15 is 0 Å². The predicted molar refractivity (Wildman–Crippen MR) is 38.6 cm³/mol. The van der Waals surface area contributed by atoms with Gasteiger partial charge >= 0.3 is 0 Å². The largest absolute Gasteiger partial charge is 0.362 e. The molecule has 2 saturated heterocycles. The van der Waals surface area contributed by atoms with Crippen LogP contribution in [0.4, 0.5) is 0 Å². The van der Waals surface area contributed by atoms with Crippen LogP contribution in [0, 0.1) is 5.92 Å². The molecule has 11 heavy (non-hydrogen) atoms. The molecule has 0 aromatic carbocycles. The third kappa shape index (κ3) is 1.12. The first kappa shape index (κ1) is 7.06. The van der Waals surface area contributed by atoms with Crippen molar-refractivity contribution in [2.45, 2.75) is 25.7 Å². The molecule has 2 N–H and O–H groups in total. The smallest absolute Gasteiger partial charge is 0.228 e. The van der Waals surface area contributed by atoms with Gasteiger partial charge in [-0.15, -0.1) is 0 Å². The Bertz CT molecular complexity index is 183. The van der Waals surface area contributed by atoms with E-state index in [1.807, 2.05) is 6.92 Å². The number of fused-ring (bicyclic) bond motifs is 1. The Morgan fingerprint density at radius 1 is 1.64 bits per heavy atom. The molecule has 2 heterocycles. The van der Waals surface area contributed by atoms with Gasteiger partial charge in [0.15, 0.2) is 0 Å². The summed E-state index contributed by atoms with van der Waals surface area (Å²) in [6.07, 6.45) is 0.844. The molecule has 0 spiro atoms. The fourth-order valence-electron chi connectivity index (χ4n) is 1.63. The molecule has 4 nitrogen and oxygen atoms in total. The van der Waals surface area contributed by atoms with Crippen LogP contribution in [-0.4, -0.2) is 24.9 Å². The maximum absolute atomic E-state index is 11.3. The number of nitrogens with one attached hydrogen (secondary N) is 2. The lowest BCUT2D eigenvalue weighted by molar-refractivity contribution is -0.132. The Morgan fingerprint density at radius 3 is 3.27 bits per heavy atom. The Labute approximate surface area is 65.3 Å². The van der Waals surface area contributed by atoms with Crippen molar-refractivity contribution in [1.82, 2.24) is 10.6 Å². The van der Waals surface area contributed by atoms with Crippen LogP contribution in [0.1, 0.15) is 13.3 Å². The lowest BCUT2D eigenvalue weighted by Crippen LogP contribution is -2.58. The fourth-order valence-corrected chi connectivity index (χ4v) is 1.63. The van der Waals surface area contributed by atoms with Crippen LogP contribution in [0.25, 0.3) is 0 Å². The number of amides is 1. The molecule has 0 saturated carbocycles. The van der Waals surface area contributed by atoms with E-state index in [0.29, 0.717) is 6.61 Å². The normalized spacial score (nSPS) is 43.4.